The number of nitrogens with one attached hydrogen (secondary N) is 1. The molecule has 2 aromatic heterocycles. The second-order valence-corrected chi connectivity index (χ2v) is 7.15. The number of carbonyl (C=O) groups excluding carboxylic acids is 1. The summed E-state index contributed by atoms with van der Waals surface area (Å²) < 4.78 is 74.8. The molecule has 1 aromatic carbocycles. The standard InChI is InChI=1S/C20H15ClF5N5O3/c1-2-7-19(22,23)18-29-14(34-31-18)9-28-17(32)16-27-8-13(33-10-20(24,25)26)15(30-16)11-3-5-12(21)6-4-11/h2-6,8H,1,7,9-10H2,(H,28,32). The molecule has 0 saturated carbocycles. The molecular weight excluding hydrogens is 489 g/mol. The number of benzene rings is 1. The molecule has 3 aromatic rings. The lowest BCUT2D eigenvalue weighted by atomic mass is 10.1. The first-order valence-corrected chi connectivity index (χ1v) is 9.79. The van der Waals surface area contributed by atoms with Crippen LogP contribution >= 0.6 is 11.6 Å². The fourth-order valence-electron chi connectivity index (χ4n) is 2.54. The zero-order valence-electron chi connectivity index (χ0n) is 17.1. The molecule has 0 saturated heterocycles. The van der Waals surface area contributed by atoms with E-state index in [9.17, 15) is 26.7 Å². The summed E-state index contributed by atoms with van der Waals surface area (Å²) in [6, 6.07) is 5.88. The van der Waals surface area contributed by atoms with Gasteiger partial charge in [0, 0.05) is 17.0 Å². The fraction of sp³-hybridized carbons (Fsp3) is 0.250. The van der Waals surface area contributed by atoms with E-state index in [1.807, 2.05) is 0 Å². The van der Waals surface area contributed by atoms with Gasteiger partial charge in [-0.1, -0.05) is 35.0 Å². The molecule has 8 nitrogen and oxygen atoms in total. The maximum absolute atomic E-state index is 13.8. The molecule has 0 aliphatic carbocycles. The molecule has 34 heavy (non-hydrogen) atoms. The number of carbonyl (C=O) groups is 1. The average Bonchev–Trinajstić information content (AvgIpc) is 3.26. The summed E-state index contributed by atoms with van der Waals surface area (Å²) in [5, 5.41) is 5.86. The first kappa shape index (κ1) is 25.0. The predicted molar refractivity (Wildman–Crippen MR) is 108 cm³/mol. The molecule has 0 bridgehead atoms. The molecule has 0 aliphatic heterocycles. The van der Waals surface area contributed by atoms with Gasteiger partial charge < -0.3 is 14.6 Å². The van der Waals surface area contributed by atoms with Crippen LogP contribution in [0.3, 0.4) is 0 Å². The van der Waals surface area contributed by atoms with Gasteiger partial charge in [-0.25, -0.2) is 9.97 Å². The topological polar surface area (TPSA) is 103 Å². The third-order valence-electron chi connectivity index (χ3n) is 4.06. The normalized spacial score (nSPS) is 11.8. The highest BCUT2D eigenvalue weighted by Crippen LogP contribution is 2.31. The lowest BCUT2D eigenvalue weighted by molar-refractivity contribution is -0.153. The van der Waals surface area contributed by atoms with Crippen LogP contribution in [-0.4, -0.2) is 38.8 Å². The van der Waals surface area contributed by atoms with Crippen molar-refractivity contribution < 1.29 is 36.0 Å². The number of rotatable bonds is 9. The molecule has 0 unspecified atom stereocenters. The van der Waals surface area contributed by atoms with E-state index in [0.717, 1.165) is 12.3 Å². The molecule has 2 heterocycles. The summed E-state index contributed by atoms with van der Waals surface area (Å²) in [4.78, 5) is 23.7. The van der Waals surface area contributed by atoms with Crippen LogP contribution in [0.4, 0.5) is 22.0 Å². The predicted octanol–water partition coefficient (Wildman–Crippen LogP) is 4.72. The van der Waals surface area contributed by atoms with Crippen molar-refractivity contribution in [2.45, 2.75) is 25.1 Å². The van der Waals surface area contributed by atoms with E-state index in [1.165, 1.54) is 24.3 Å². The van der Waals surface area contributed by atoms with Crippen molar-refractivity contribution in [3.8, 4) is 17.0 Å². The largest absolute Gasteiger partial charge is 0.480 e. The van der Waals surface area contributed by atoms with E-state index < -0.39 is 49.2 Å². The van der Waals surface area contributed by atoms with Crippen molar-refractivity contribution in [2.75, 3.05) is 6.61 Å². The van der Waals surface area contributed by atoms with Crippen LogP contribution in [0.2, 0.25) is 5.02 Å². The smallest absolute Gasteiger partial charge is 0.422 e. The van der Waals surface area contributed by atoms with E-state index in [4.69, 9.17) is 20.9 Å². The number of alkyl halides is 5. The van der Waals surface area contributed by atoms with Crippen LogP contribution in [0.5, 0.6) is 5.75 Å². The summed E-state index contributed by atoms with van der Waals surface area (Å²) in [6.07, 6.45) is -3.41. The van der Waals surface area contributed by atoms with E-state index in [2.05, 4.69) is 32.0 Å². The van der Waals surface area contributed by atoms with Gasteiger partial charge in [0.25, 0.3) is 5.91 Å². The molecule has 0 spiro atoms. The molecular formula is C20H15ClF5N5O3. The van der Waals surface area contributed by atoms with Crippen LogP contribution in [0, 0.1) is 0 Å². The van der Waals surface area contributed by atoms with E-state index in [1.54, 1.807) is 0 Å². The third kappa shape index (κ3) is 6.47. The van der Waals surface area contributed by atoms with Crippen molar-refractivity contribution in [1.29, 1.82) is 0 Å². The van der Waals surface area contributed by atoms with Gasteiger partial charge in [-0.05, 0) is 12.1 Å². The van der Waals surface area contributed by atoms with Crippen molar-refractivity contribution in [2.24, 2.45) is 0 Å². The van der Waals surface area contributed by atoms with Gasteiger partial charge >= 0.3 is 12.1 Å². The minimum Gasteiger partial charge on any atom is -0.480 e. The Bertz CT molecular complexity index is 1170. The number of hydrogen-bond donors (Lipinski definition) is 1. The SMILES string of the molecule is C=CCC(F)(F)c1noc(CNC(=O)c2ncc(OCC(F)(F)F)c(-c3ccc(Cl)cc3)n2)n1. The Morgan fingerprint density at radius 3 is 2.53 bits per heavy atom. The van der Waals surface area contributed by atoms with Crippen LogP contribution < -0.4 is 10.1 Å². The quantitative estimate of drug-likeness (QED) is 0.333. The summed E-state index contributed by atoms with van der Waals surface area (Å²) in [5.41, 5.74) is 0.217. The first-order valence-electron chi connectivity index (χ1n) is 9.41. The average molecular weight is 504 g/mol. The van der Waals surface area contributed by atoms with Gasteiger partial charge in [0.05, 0.1) is 12.7 Å². The van der Waals surface area contributed by atoms with Crippen LogP contribution in [0.1, 0.15) is 28.8 Å². The number of halogens is 6. The maximum Gasteiger partial charge on any atom is 0.422 e. The van der Waals surface area contributed by atoms with Gasteiger partial charge in [-0.3, -0.25) is 4.79 Å². The zero-order valence-corrected chi connectivity index (χ0v) is 17.8. The number of amides is 1. The van der Waals surface area contributed by atoms with Gasteiger partial charge in [0.15, 0.2) is 12.4 Å². The number of nitrogens with zero attached hydrogens (tertiary/aromatic N) is 4. The Kier molecular flexibility index (Phi) is 7.44. The maximum atomic E-state index is 13.8. The highest BCUT2D eigenvalue weighted by atomic mass is 35.5. The molecule has 0 aliphatic rings. The Morgan fingerprint density at radius 2 is 1.88 bits per heavy atom. The van der Waals surface area contributed by atoms with Crippen molar-refractivity contribution >= 4 is 17.5 Å². The third-order valence-corrected chi connectivity index (χ3v) is 4.32. The number of aromatic nitrogens is 4. The summed E-state index contributed by atoms with van der Waals surface area (Å²) in [7, 11) is 0. The monoisotopic (exact) mass is 503 g/mol. The lowest BCUT2D eigenvalue weighted by Gasteiger charge is -2.13. The van der Waals surface area contributed by atoms with Gasteiger partial charge in [0.2, 0.25) is 17.5 Å². The first-order chi connectivity index (χ1) is 16.0. The summed E-state index contributed by atoms with van der Waals surface area (Å²) in [5.74, 6) is -6.20. The van der Waals surface area contributed by atoms with Crippen molar-refractivity contribution in [3.63, 3.8) is 0 Å². The van der Waals surface area contributed by atoms with Gasteiger partial charge in [0.1, 0.15) is 5.69 Å². The second kappa shape index (κ2) is 10.1. The molecule has 1 amide bonds. The molecule has 0 radical (unpaired) electrons. The van der Waals surface area contributed by atoms with Gasteiger partial charge in [-0.15, -0.1) is 6.58 Å². The Hall–Kier alpha value is -3.61. The Labute approximate surface area is 193 Å². The van der Waals surface area contributed by atoms with Crippen LogP contribution in [-0.2, 0) is 12.5 Å². The van der Waals surface area contributed by atoms with Gasteiger partial charge in [-0.2, -0.15) is 26.9 Å². The lowest BCUT2D eigenvalue weighted by Crippen LogP contribution is -2.26. The summed E-state index contributed by atoms with van der Waals surface area (Å²) >= 11 is 5.84. The number of ether oxygens (including phenoxy) is 1. The van der Waals surface area contributed by atoms with Crippen LogP contribution in [0.25, 0.3) is 11.3 Å². The number of allylic oxidation sites excluding steroid dienone is 1. The molecule has 14 heteroatoms. The minimum absolute atomic E-state index is 0.0924. The second-order valence-electron chi connectivity index (χ2n) is 6.71. The van der Waals surface area contributed by atoms with E-state index >= 15 is 0 Å². The molecule has 0 fully saturated rings. The summed E-state index contributed by atoms with van der Waals surface area (Å²) in [6.45, 7) is 1.20. The molecule has 1 N–H and O–H groups in total. The number of hydrogen-bond acceptors (Lipinski definition) is 7. The Balaban J connectivity index is 1.79. The minimum atomic E-state index is -4.61. The van der Waals surface area contributed by atoms with Crippen molar-refractivity contribution in [1.82, 2.24) is 25.4 Å². The molecule has 0 atom stereocenters. The Morgan fingerprint density at radius 1 is 1.18 bits per heavy atom. The van der Waals surface area contributed by atoms with E-state index in [0.29, 0.717) is 10.6 Å². The van der Waals surface area contributed by atoms with Crippen molar-refractivity contribution in [3.05, 3.63) is 65.7 Å². The molecule has 3 rings (SSSR count). The van der Waals surface area contributed by atoms with Crippen LogP contribution in [0.15, 0.2) is 47.6 Å². The zero-order chi connectivity index (χ0) is 24.9. The van der Waals surface area contributed by atoms with E-state index in [-0.39, 0.29) is 17.3 Å². The highest BCUT2D eigenvalue weighted by Gasteiger charge is 2.36. The fourth-order valence-corrected chi connectivity index (χ4v) is 2.67. The molecule has 180 valence electrons. The highest BCUT2D eigenvalue weighted by molar-refractivity contribution is 6.30.